The highest BCUT2D eigenvalue weighted by atomic mass is 32.1. The van der Waals surface area contributed by atoms with Crippen LogP contribution in [0.2, 0.25) is 0 Å². The molecule has 0 aliphatic carbocycles. The molecule has 0 bridgehead atoms. The number of thiophene rings is 1. The van der Waals surface area contributed by atoms with Crippen molar-refractivity contribution in [3.8, 4) is 22.1 Å². The predicted molar refractivity (Wildman–Crippen MR) is 132 cm³/mol. The van der Waals surface area contributed by atoms with Crippen molar-refractivity contribution in [2.75, 3.05) is 39.8 Å². The number of fused-ring (bicyclic) bond motifs is 1. The van der Waals surface area contributed by atoms with Crippen molar-refractivity contribution in [1.82, 2.24) is 19.8 Å². The molecule has 0 N–H and O–H groups in total. The SMILES string of the molecule is CN1CCN(CCCc2ccc(Oc3ncnc4sc(-c5ccccc5)cc34)cc2)CC1. The van der Waals surface area contributed by atoms with Gasteiger partial charge in [-0.2, -0.15) is 0 Å². The fourth-order valence-corrected chi connectivity index (χ4v) is 5.07. The topological polar surface area (TPSA) is 41.5 Å². The molecule has 0 saturated carbocycles. The quantitative estimate of drug-likeness (QED) is 0.385. The Hall–Kier alpha value is -2.80. The van der Waals surface area contributed by atoms with E-state index in [-0.39, 0.29) is 0 Å². The molecule has 1 aliphatic rings. The first-order valence-electron chi connectivity index (χ1n) is 11.2. The Morgan fingerprint density at radius 2 is 1.72 bits per heavy atom. The maximum atomic E-state index is 6.15. The third-order valence-electron chi connectivity index (χ3n) is 6.02. The molecule has 1 saturated heterocycles. The summed E-state index contributed by atoms with van der Waals surface area (Å²) in [6, 6.07) is 20.9. The Morgan fingerprint density at radius 1 is 0.938 bits per heavy atom. The summed E-state index contributed by atoms with van der Waals surface area (Å²) < 4.78 is 6.15. The zero-order chi connectivity index (χ0) is 21.8. The molecular formula is C26H28N4OS. The number of aromatic nitrogens is 2. The first-order chi connectivity index (χ1) is 15.7. The van der Waals surface area contributed by atoms with Crippen LogP contribution in [0.4, 0.5) is 0 Å². The summed E-state index contributed by atoms with van der Waals surface area (Å²) in [4.78, 5) is 15.9. The molecule has 0 atom stereocenters. The molecule has 1 aliphatic heterocycles. The molecule has 0 unspecified atom stereocenters. The molecule has 0 spiro atoms. The Bertz CT molecular complexity index is 1150. The lowest BCUT2D eigenvalue weighted by atomic mass is 10.1. The number of ether oxygens (including phenoxy) is 1. The molecule has 164 valence electrons. The first-order valence-corrected chi connectivity index (χ1v) is 12.0. The van der Waals surface area contributed by atoms with Gasteiger partial charge >= 0.3 is 0 Å². The third-order valence-corrected chi connectivity index (χ3v) is 7.12. The zero-order valence-electron chi connectivity index (χ0n) is 18.4. The summed E-state index contributed by atoms with van der Waals surface area (Å²) in [5.74, 6) is 1.41. The standard InChI is InChI=1S/C26H28N4OS/c1-29-14-16-30(17-15-29)13-5-6-20-9-11-22(12-10-20)31-25-23-18-24(21-7-3-2-4-8-21)32-26(23)28-19-27-25/h2-4,7-12,18-19H,5-6,13-17H2,1H3. The van der Waals surface area contributed by atoms with Crippen LogP contribution in [-0.4, -0.2) is 59.5 Å². The van der Waals surface area contributed by atoms with E-state index in [0.29, 0.717) is 5.88 Å². The highest BCUT2D eigenvalue weighted by molar-refractivity contribution is 7.21. The maximum Gasteiger partial charge on any atom is 0.231 e. The van der Waals surface area contributed by atoms with E-state index in [1.54, 1.807) is 17.7 Å². The molecular weight excluding hydrogens is 416 g/mol. The van der Waals surface area contributed by atoms with Crippen LogP contribution in [0.15, 0.2) is 67.0 Å². The fourth-order valence-electron chi connectivity index (χ4n) is 4.07. The minimum absolute atomic E-state index is 0.608. The number of likely N-dealkylation sites (N-methyl/N-ethyl adjacent to an activating group) is 1. The van der Waals surface area contributed by atoms with Gasteiger partial charge in [-0.05, 0) is 55.8 Å². The first kappa shape index (κ1) is 21.1. The van der Waals surface area contributed by atoms with Crippen molar-refractivity contribution in [2.45, 2.75) is 12.8 Å². The molecule has 0 amide bonds. The smallest absolute Gasteiger partial charge is 0.231 e. The lowest BCUT2D eigenvalue weighted by Crippen LogP contribution is -2.44. The Morgan fingerprint density at radius 3 is 2.50 bits per heavy atom. The number of benzene rings is 2. The van der Waals surface area contributed by atoms with Gasteiger partial charge in [0.15, 0.2) is 0 Å². The number of hydrogen-bond acceptors (Lipinski definition) is 6. The molecule has 3 heterocycles. The molecule has 4 aromatic rings. The molecule has 0 radical (unpaired) electrons. The minimum Gasteiger partial charge on any atom is -0.438 e. The second-order valence-corrected chi connectivity index (χ2v) is 9.40. The molecule has 5 rings (SSSR count). The van der Waals surface area contributed by atoms with Crippen LogP contribution in [0.25, 0.3) is 20.7 Å². The van der Waals surface area contributed by atoms with Gasteiger partial charge in [-0.15, -0.1) is 11.3 Å². The molecule has 2 aromatic carbocycles. The number of hydrogen-bond donors (Lipinski definition) is 0. The molecule has 5 nitrogen and oxygen atoms in total. The molecule has 2 aromatic heterocycles. The van der Waals surface area contributed by atoms with Crippen molar-refractivity contribution in [1.29, 1.82) is 0 Å². The summed E-state index contributed by atoms with van der Waals surface area (Å²) in [5, 5.41) is 0.951. The van der Waals surface area contributed by atoms with Crippen molar-refractivity contribution in [3.05, 3.63) is 72.6 Å². The van der Waals surface area contributed by atoms with Crippen LogP contribution < -0.4 is 4.74 Å². The Kier molecular flexibility index (Phi) is 6.44. The van der Waals surface area contributed by atoms with Crippen molar-refractivity contribution in [3.63, 3.8) is 0 Å². The van der Waals surface area contributed by atoms with Crippen molar-refractivity contribution < 1.29 is 4.74 Å². The molecule has 1 fully saturated rings. The van der Waals surface area contributed by atoms with Crippen molar-refractivity contribution >= 4 is 21.6 Å². The van der Waals surface area contributed by atoms with Gasteiger partial charge in [-0.25, -0.2) is 9.97 Å². The lowest BCUT2D eigenvalue weighted by Gasteiger charge is -2.32. The predicted octanol–water partition coefficient (Wildman–Crippen LogP) is 5.33. The zero-order valence-corrected chi connectivity index (χ0v) is 19.2. The summed E-state index contributed by atoms with van der Waals surface area (Å²) in [5.41, 5.74) is 2.53. The largest absolute Gasteiger partial charge is 0.438 e. The van der Waals surface area contributed by atoms with E-state index < -0.39 is 0 Å². The number of nitrogens with zero attached hydrogens (tertiary/aromatic N) is 4. The average Bonchev–Trinajstić information content (AvgIpc) is 3.28. The summed E-state index contributed by atoms with van der Waals surface area (Å²) in [7, 11) is 2.20. The van der Waals surface area contributed by atoms with Gasteiger partial charge in [0, 0.05) is 31.1 Å². The van der Waals surface area contributed by atoms with E-state index in [1.165, 1.54) is 55.1 Å². The van der Waals surface area contributed by atoms with Crippen LogP contribution in [-0.2, 0) is 6.42 Å². The van der Waals surface area contributed by atoms with Crippen LogP contribution in [0.5, 0.6) is 11.6 Å². The van der Waals surface area contributed by atoms with Crippen LogP contribution >= 0.6 is 11.3 Å². The van der Waals surface area contributed by atoms with Gasteiger partial charge in [0.2, 0.25) is 5.88 Å². The van der Waals surface area contributed by atoms with Crippen molar-refractivity contribution in [2.24, 2.45) is 0 Å². The van der Waals surface area contributed by atoms with Gasteiger partial charge in [-0.3, -0.25) is 0 Å². The monoisotopic (exact) mass is 444 g/mol. The van der Waals surface area contributed by atoms with E-state index in [9.17, 15) is 0 Å². The minimum atomic E-state index is 0.608. The third kappa shape index (κ3) is 4.99. The Labute approximate surface area is 193 Å². The fraction of sp³-hybridized carbons (Fsp3) is 0.308. The lowest BCUT2D eigenvalue weighted by molar-refractivity contribution is 0.153. The van der Waals surface area contributed by atoms with E-state index in [2.05, 4.69) is 69.3 Å². The Balaban J connectivity index is 1.22. The maximum absolute atomic E-state index is 6.15. The van der Waals surface area contributed by atoms with E-state index in [4.69, 9.17) is 4.74 Å². The van der Waals surface area contributed by atoms with E-state index >= 15 is 0 Å². The van der Waals surface area contributed by atoms with Crippen LogP contribution in [0.1, 0.15) is 12.0 Å². The highest BCUT2D eigenvalue weighted by Crippen LogP contribution is 2.37. The van der Waals surface area contributed by atoms with Crippen LogP contribution in [0, 0.1) is 0 Å². The average molecular weight is 445 g/mol. The number of piperazine rings is 1. The molecule has 6 heteroatoms. The van der Waals surface area contributed by atoms with Crippen LogP contribution in [0.3, 0.4) is 0 Å². The summed E-state index contributed by atoms with van der Waals surface area (Å²) >= 11 is 1.66. The van der Waals surface area contributed by atoms with Gasteiger partial charge in [0.05, 0.1) is 5.39 Å². The normalized spacial score (nSPS) is 15.3. The van der Waals surface area contributed by atoms with Gasteiger partial charge in [0.25, 0.3) is 0 Å². The second-order valence-electron chi connectivity index (χ2n) is 8.37. The summed E-state index contributed by atoms with van der Waals surface area (Å²) in [6.07, 6.45) is 3.86. The second kappa shape index (κ2) is 9.77. The highest BCUT2D eigenvalue weighted by Gasteiger charge is 2.14. The van der Waals surface area contributed by atoms with E-state index in [1.807, 2.05) is 18.2 Å². The summed E-state index contributed by atoms with van der Waals surface area (Å²) in [6.45, 7) is 5.90. The number of rotatable bonds is 7. The number of aryl methyl sites for hydroxylation is 1. The van der Waals surface area contributed by atoms with Gasteiger partial charge < -0.3 is 14.5 Å². The molecule has 32 heavy (non-hydrogen) atoms. The van der Waals surface area contributed by atoms with Gasteiger partial charge in [-0.1, -0.05) is 42.5 Å². The van der Waals surface area contributed by atoms with Gasteiger partial charge in [0.1, 0.15) is 16.9 Å². The van der Waals surface area contributed by atoms with E-state index in [0.717, 1.165) is 22.4 Å².